The molecule has 1 heterocycles. The van der Waals surface area contributed by atoms with Crippen molar-refractivity contribution >= 4 is 23.4 Å². The Morgan fingerprint density at radius 1 is 1.42 bits per heavy atom. The molecular weight excluding hydrogens is 253 g/mol. The number of carbonyl (C=O) groups is 3. The summed E-state index contributed by atoms with van der Waals surface area (Å²) in [6, 6.07) is 3.54. The third kappa shape index (κ3) is 2.87. The average Bonchev–Trinajstić information content (AvgIpc) is 2.78. The minimum Gasteiger partial charge on any atom is -0.366 e. The zero-order valence-corrected chi connectivity index (χ0v) is 9.90. The lowest BCUT2D eigenvalue weighted by molar-refractivity contribution is -0.123. The number of rotatable bonds is 3. The lowest BCUT2D eigenvalue weighted by Crippen LogP contribution is -2.25. The second-order valence-corrected chi connectivity index (χ2v) is 4.25. The monoisotopic (exact) mass is 265 g/mol. The van der Waals surface area contributed by atoms with Gasteiger partial charge in [-0.3, -0.25) is 14.4 Å². The maximum absolute atomic E-state index is 13.2. The minimum atomic E-state index is -0.911. The largest absolute Gasteiger partial charge is 0.366 e. The number of hydrogen-bond donors (Lipinski definition) is 3. The smallest absolute Gasteiger partial charge is 0.251 e. The fourth-order valence-electron chi connectivity index (χ4n) is 1.83. The molecule has 1 saturated heterocycles. The number of amides is 3. The van der Waals surface area contributed by atoms with Gasteiger partial charge in [0.05, 0.1) is 11.5 Å². The molecule has 0 saturated carbocycles. The van der Waals surface area contributed by atoms with Crippen molar-refractivity contribution in [1.29, 1.82) is 0 Å². The van der Waals surface area contributed by atoms with Crippen molar-refractivity contribution < 1.29 is 18.8 Å². The van der Waals surface area contributed by atoms with Gasteiger partial charge in [0.15, 0.2) is 0 Å². The van der Waals surface area contributed by atoms with Gasteiger partial charge in [0, 0.05) is 18.7 Å². The maximum atomic E-state index is 13.2. The topological polar surface area (TPSA) is 101 Å². The van der Waals surface area contributed by atoms with Crippen LogP contribution in [0.1, 0.15) is 16.8 Å². The third-order valence-corrected chi connectivity index (χ3v) is 2.85. The SMILES string of the molecule is NC(=O)c1cc(NC(=O)C2CNC(=O)C2)ccc1F. The van der Waals surface area contributed by atoms with Crippen molar-refractivity contribution in [2.75, 3.05) is 11.9 Å². The Bertz CT molecular complexity index is 559. The quantitative estimate of drug-likeness (QED) is 0.716. The van der Waals surface area contributed by atoms with Gasteiger partial charge in [-0.2, -0.15) is 0 Å². The van der Waals surface area contributed by atoms with E-state index in [4.69, 9.17) is 5.73 Å². The van der Waals surface area contributed by atoms with Crippen molar-refractivity contribution in [1.82, 2.24) is 5.32 Å². The number of hydrogen-bond acceptors (Lipinski definition) is 3. The highest BCUT2D eigenvalue weighted by atomic mass is 19.1. The van der Waals surface area contributed by atoms with Crippen molar-refractivity contribution in [2.45, 2.75) is 6.42 Å². The second kappa shape index (κ2) is 5.05. The number of anilines is 1. The Hall–Kier alpha value is -2.44. The number of carbonyl (C=O) groups excluding carboxylic acids is 3. The molecule has 0 aliphatic carbocycles. The predicted octanol–water partition coefficient (Wildman–Crippen LogP) is -0.000800. The van der Waals surface area contributed by atoms with E-state index in [1.54, 1.807) is 0 Å². The number of nitrogens with two attached hydrogens (primary N) is 1. The Labute approximate surface area is 108 Å². The average molecular weight is 265 g/mol. The molecule has 0 radical (unpaired) electrons. The second-order valence-electron chi connectivity index (χ2n) is 4.25. The van der Waals surface area contributed by atoms with E-state index < -0.39 is 17.6 Å². The van der Waals surface area contributed by atoms with Crippen LogP contribution in [0.4, 0.5) is 10.1 Å². The molecular formula is C12H12FN3O3. The van der Waals surface area contributed by atoms with E-state index in [-0.39, 0.29) is 36.0 Å². The van der Waals surface area contributed by atoms with E-state index in [1.807, 2.05) is 0 Å². The number of benzene rings is 1. The fraction of sp³-hybridized carbons (Fsp3) is 0.250. The molecule has 1 fully saturated rings. The van der Waals surface area contributed by atoms with Gasteiger partial charge in [-0.1, -0.05) is 0 Å². The highest BCUT2D eigenvalue weighted by Crippen LogP contribution is 2.17. The number of primary amides is 1. The molecule has 7 heteroatoms. The molecule has 1 aromatic carbocycles. The Morgan fingerprint density at radius 3 is 2.74 bits per heavy atom. The number of halogens is 1. The van der Waals surface area contributed by atoms with Crippen LogP contribution in [-0.4, -0.2) is 24.3 Å². The van der Waals surface area contributed by atoms with Gasteiger partial charge in [-0.15, -0.1) is 0 Å². The van der Waals surface area contributed by atoms with Gasteiger partial charge >= 0.3 is 0 Å². The minimum absolute atomic E-state index is 0.121. The first-order chi connectivity index (χ1) is 8.97. The van der Waals surface area contributed by atoms with Crippen molar-refractivity contribution in [2.24, 2.45) is 11.7 Å². The molecule has 100 valence electrons. The van der Waals surface area contributed by atoms with E-state index in [9.17, 15) is 18.8 Å². The van der Waals surface area contributed by atoms with Crippen molar-refractivity contribution in [3.63, 3.8) is 0 Å². The molecule has 1 unspecified atom stereocenters. The molecule has 0 bridgehead atoms. The molecule has 1 aromatic rings. The van der Waals surface area contributed by atoms with Crippen LogP contribution in [0, 0.1) is 11.7 Å². The van der Waals surface area contributed by atoms with Crippen LogP contribution in [0.3, 0.4) is 0 Å². The summed E-state index contributed by atoms with van der Waals surface area (Å²) >= 11 is 0. The molecule has 0 spiro atoms. The normalized spacial score (nSPS) is 17.9. The van der Waals surface area contributed by atoms with E-state index in [0.717, 1.165) is 6.07 Å². The molecule has 3 amide bonds. The van der Waals surface area contributed by atoms with Crippen molar-refractivity contribution in [3.8, 4) is 0 Å². The van der Waals surface area contributed by atoms with Gasteiger partial charge in [0.25, 0.3) is 5.91 Å². The summed E-state index contributed by atoms with van der Waals surface area (Å²) in [5.41, 5.74) is 4.98. The summed E-state index contributed by atoms with van der Waals surface area (Å²) < 4.78 is 13.2. The van der Waals surface area contributed by atoms with Gasteiger partial charge in [-0.25, -0.2) is 4.39 Å². The fourth-order valence-corrected chi connectivity index (χ4v) is 1.83. The summed E-state index contributed by atoms with van der Waals surface area (Å²) in [7, 11) is 0. The zero-order chi connectivity index (χ0) is 14.0. The standard InChI is InChI=1S/C12H12FN3O3/c13-9-2-1-7(4-8(9)11(14)18)16-12(19)6-3-10(17)15-5-6/h1-2,4,6H,3,5H2,(H2,14,18)(H,15,17)(H,16,19). The van der Waals surface area contributed by atoms with Crippen LogP contribution in [0.25, 0.3) is 0 Å². The molecule has 1 aliphatic heterocycles. The van der Waals surface area contributed by atoms with Gasteiger partial charge in [0.1, 0.15) is 5.82 Å². The summed E-state index contributed by atoms with van der Waals surface area (Å²) in [5, 5.41) is 5.06. The lowest BCUT2D eigenvalue weighted by atomic mass is 10.1. The van der Waals surface area contributed by atoms with Gasteiger partial charge < -0.3 is 16.4 Å². The van der Waals surface area contributed by atoms with E-state index in [1.165, 1.54) is 12.1 Å². The van der Waals surface area contributed by atoms with Crippen molar-refractivity contribution in [3.05, 3.63) is 29.6 Å². The summed E-state index contributed by atoms with van der Waals surface area (Å²) in [5.74, 6) is -2.67. The highest BCUT2D eigenvalue weighted by Gasteiger charge is 2.28. The van der Waals surface area contributed by atoms with Crippen LogP contribution in [0.2, 0.25) is 0 Å². The molecule has 0 aromatic heterocycles. The molecule has 2 rings (SSSR count). The first-order valence-electron chi connectivity index (χ1n) is 5.64. The molecule has 1 aliphatic rings. The summed E-state index contributed by atoms with van der Waals surface area (Å²) in [6.07, 6.45) is 0.121. The van der Waals surface area contributed by atoms with Crippen LogP contribution in [0.15, 0.2) is 18.2 Å². The first-order valence-corrected chi connectivity index (χ1v) is 5.64. The van der Waals surface area contributed by atoms with Crippen LogP contribution in [0.5, 0.6) is 0 Å². The Morgan fingerprint density at radius 2 is 2.16 bits per heavy atom. The predicted molar refractivity (Wildman–Crippen MR) is 64.7 cm³/mol. The van der Waals surface area contributed by atoms with Crippen LogP contribution >= 0.6 is 0 Å². The van der Waals surface area contributed by atoms with Crippen LogP contribution < -0.4 is 16.4 Å². The molecule has 19 heavy (non-hydrogen) atoms. The van der Waals surface area contributed by atoms with E-state index in [0.29, 0.717) is 0 Å². The molecule has 1 atom stereocenters. The maximum Gasteiger partial charge on any atom is 0.251 e. The van der Waals surface area contributed by atoms with Gasteiger partial charge in [0.2, 0.25) is 11.8 Å². The zero-order valence-electron chi connectivity index (χ0n) is 9.90. The summed E-state index contributed by atoms with van der Waals surface area (Å²) in [6.45, 7) is 0.272. The Kier molecular flexibility index (Phi) is 3.46. The third-order valence-electron chi connectivity index (χ3n) is 2.85. The highest BCUT2D eigenvalue weighted by molar-refractivity contribution is 5.99. The van der Waals surface area contributed by atoms with E-state index in [2.05, 4.69) is 10.6 Å². The first kappa shape index (κ1) is 13.0. The molecule has 6 nitrogen and oxygen atoms in total. The summed E-state index contributed by atoms with van der Waals surface area (Å²) in [4.78, 5) is 33.8. The van der Waals surface area contributed by atoms with Crippen LogP contribution in [-0.2, 0) is 9.59 Å². The van der Waals surface area contributed by atoms with E-state index >= 15 is 0 Å². The molecule has 4 N–H and O–H groups in total. The van der Waals surface area contributed by atoms with Gasteiger partial charge in [-0.05, 0) is 18.2 Å². The number of nitrogens with one attached hydrogen (secondary N) is 2. The Balaban J connectivity index is 2.11. The lowest BCUT2D eigenvalue weighted by Gasteiger charge is -2.10.